The fourth-order valence-electron chi connectivity index (χ4n) is 1.56. The molecular weight excluding hydrogens is 258 g/mol. The average molecular weight is 273 g/mol. The van der Waals surface area contributed by atoms with Gasteiger partial charge in [0.1, 0.15) is 12.4 Å². The lowest BCUT2D eigenvalue weighted by molar-refractivity contribution is 0.173. The summed E-state index contributed by atoms with van der Waals surface area (Å²) in [5.74, 6) is 1.71. The lowest BCUT2D eigenvalue weighted by atomic mass is 10.2. The van der Waals surface area contributed by atoms with Crippen LogP contribution >= 0.6 is 0 Å². The highest BCUT2D eigenvalue weighted by Crippen LogP contribution is 2.37. The van der Waals surface area contributed by atoms with Crippen LogP contribution < -0.4 is 19.9 Å². The van der Waals surface area contributed by atoms with Crippen LogP contribution in [0.25, 0.3) is 0 Å². The van der Waals surface area contributed by atoms with Crippen LogP contribution in [0.5, 0.6) is 17.2 Å². The van der Waals surface area contributed by atoms with Crippen molar-refractivity contribution in [3.63, 3.8) is 0 Å². The van der Waals surface area contributed by atoms with Crippen LogP contribution in [0.3, 0.4) is 0 Å². The molecule has 0 radical (unpaired) electrons. The van der Waals surface area contributed by atoms with E-state index in [0.717, 1.165) is 5.56 Å². The summed E-state index contributed by atoms with van der Waals surface area (Å²) < 4.78 is 37.9. The van der Waals surface area contributed by atoms with Gasteiger partial charge in [-0.25, -0.2) is 8.42 Å². The third-order valence-corrected chi connectivity index (χ3v) is 3.40. The van der Waals surface area contributed by atoms with Crippen LogP contribution in [0.4, 0.5) is 0 Å². The summed E-state index contributed by atoms with van der Waals surface area (Å²) in [5.41, 5.74) is 6.36. The highest BCUT2D eigenvalue weighted by atomic mass is 32.2. The van der Waals surface area contributed by atoms with Crippen molar-refractivity contribution >= 4 is 9.84 Å². The molecule has 1 heterocycles. The Balaban J connectivity index is 2.12. The lowest BCUT2D eigenvalue weighted by Crippen LogP contribution is -2.13. The van der Waals surface area contributed by atoms with Crippen LogP contribution in [-0.2, 0) is 16.4 Å². The van der Waals surface area contributed by atoms with Gasteiger partial charge in [0, 0.05) is 24.4 Å². The second kappa shape index (κ2) is 5.03. The number of nitrogens with two attached hydrogens (primary N) is 1. The number of fused-ring (bicyclic) bond motifs is 1. The fourth-order valence-corrected chi connectivity index (χ4v) is 1.95. The van der Waals surface area contributed by atoms with Crippen LogP contribution in [0, 0.1) is 0 Å². The van der Waals surface area contributed by atoms with E-state index in [0.29, 0.717) is 17.2 Å². The van der Waals surface area contributed by atoms with Gasteiger partial charge >= 0.3 is 0 Å². The molecule has 2 rings (SSSR count). The summed E-state index contributed by atoms with van der Waals surface area (Å²) in [4.78, 5) is 0. The van der Waals surface area contributed by atoms with Gasteiger partial charge in [-0.3, -0.25) is 0 Å². The molecule has 2 N–H and O–H groups in total. The Labute approximate surface area is 106 Å². The zero-order valence-electron chi connectivity index (χ0n) is 10.0. The zero-order valence-corrected chi connectivity index (χ0v) is 10.8. The summed E-state index contributed by atoms with van der Waals surface area (Å²) in [6.07, 6.45) is 1.17. The summed E-state index contributed by atoms with van der Waals surface area (Å²) >= 11 is 0. The first-order valence-corrected chi connectivity index (χ1v) is 7.49. The van der Waals surface area contributed by atoms with Gasteiger partial charge in [-0.1, -0.05) is 0 Å². The molecule has 1 aliphatic heterocycles. The fraction of sp³-hybridized carbons (Fsp3) is 0.455. The number of rotatable bonds is 5. The van der Waals surface area contributed by atoms with Crippen molar-refractivity contribution in [2.24, 2.45) is 5.73 Å². The van der Waals surface area contributed by atoms with Gasteiger partial charge in [-0.2, -0.15) is 0 Å². The van der Waals surface area contributed by atoms with Crippen LogP contribution in [0.2, 0.25) is 0 Å². The Morgan fingerprint density at radius 2 is 2.00 bits per heavy atom. The lowest BCUT2D eigenvalue weighted by Gasteiger charge is -2.11. The summed E-state index contributed by atoms with van der Waals surface area (Å²) in [6.45, 7) is 0.544. The Morgan fingerprint density at radius 3 is 2.61 bits per heavy atom. The molecule has 1 aromatic rings. The summed E-state index contributed by atoms with van der Waals surface area (Å²) in [7, 11) is -3.04. The van der Waals surface area contributed by atoms with Crippen molar-refractivity contribution < 1.29 is 22.6 Å². The van der Waals surface area contributed by atoms with Crippen molar-refractivity contribution in [2.45, 2.75) is 6.54 Å². The molecule has 0 aromatic heterocycles. The van der Waals surface area contributed by atoms with Gasteiger partial charge in [0.05, 0.1) is 5.75 Å². The Bertz CT molecular complexity index is 541. The molecule has 0 spiro atoms. The third-order valence-electron chi connectivity index (χ3n) is 2.49. The normalized spacial score (nSPS) is 13.7. The van der Waals surface area contributed by atoms with Crippen molar-refractivity contribution in [1.82, 2.24) is 0 Å². The molecule has 0 amide bonds. The molecule has 18 heavy (non-hydrogen) atoms. The Hall–Kier alpha value is -1.47. The molecule has 0 unspecified atom stereocenters. The molecule has 7 heteroatoms. The van der Waals surface area contributed by atoms with Gasteiger partial charge < -0.3 is 19.9 Å². The number of sulfone groups is 1. The SMILES string of the molecule is CS(=O)(=O)CCOc1cc2c(cc1CN)OCO2. The van der Waals surface area contributed by atoms with Gasteiger partial charge in [-0.05, 0) is 6.07 Å². The van der Waals surface area contributed by atoms with E-state index in [2.05, 4.69) is 0 Å². The van der Waals surface area contributed by atoms with Gasteiger partial charge in [0.25, 0.3) is 0 Å². The summed E-state index contributed by atoms with van der Waals surface area (Å²) in [5, 5.41) is 0. The van der Waals surface area contributed by atoms with E-state index in [1.807, 2.05) is 0 Å². The molecule has 1 aliphatic rings. The van der Waals surface area contributed by atoms with E-state index in [9.17, 15) is 8.42 Å². The molecule has 100 valence electrons. The molecule has 0 atom stereocenters. The largest absolute Gasteiger partial charge is 0.492 e. The van der Waals surface area contributed by atoms with Crippen molar-refractivity contribution in [3.8, 4) is 17.2 Å². The van der Waals surface area contributed by atoms with E-state index in [-0.39, 0.29) is 25.7 Å². The molecule has 1 aromatic carbocycles. The first-order valence-electron chi connectivity index (χ1n) is 5.43. The molecule has 0 saturated heterocycles. The predicted molar refractivity (Wildman–Crippen MR) is 65.7 cm³/mol. The Morgan fingerprint density at radius 1 is 1.33 bits per heavy atom. The van der Waals surface area contributed by atoms with E-state index >= 15 is 0 Å². The second-order valence-corrected chi connectivity index (χ2v) is 6.26. The summed E-state index contributed by atoms with van der Waals surface area (Å²) in [6, 6.07) is 3.42. The van der Waals surface area contributed by atoms with Crippen molar-refractivity contribution in [3.05, 3.63) is 17.7 Å². The van der Waals surface area contributed by atoms with Crippen molar-refractivity contribution in [2.75, 3.05) is 25.4 Å². The molecule has 0 bridgehead atoms. The first kappa shape index (κ1) is 13.0. The third kappa shape index (κ3) is 3.05. The zero-order chi connectivity index (χ0) is 13.2. The minimum absolute atomic E-state index is 0.0363. The maximum Gasteiger partial charge on any atom is 0.231 e. The number of ether oxygens (including phenoxy) is 3. The maximum atomic E-state index is 11.0. The Kier molecular flexibility index (Phi) is 3.63. The highest BCUT2D eigenvalue weighted by molar-refractivity contribution is 7.90. The number of benzene rings is 1. The van der Waals surface area contributed by atoms with Gasteiger partial charge in [0.2, 0.25) is 6.79 Å². The average Bonchev–Trinajstić information content (AvgIpc) is 2.73. The minimum Gasteiger partial charge on any atom is -0.492 e. The monoisotopic (exact) mass is 273 g/mol. The first-order chi connectivity index (χ1) is 8.49. The minimum atomic E-state index is -3.04. The van der Waals surface area contributed by atoms with E-state index in [1.165, 1.54) is 6.26 Å². The highest BCUT2D eigenvalue weighted by Gasteiger charge is 2.17. The van der Waals surface area contributed by atoms with Crippen LogP contribution in [0.1, 0.15) is 5.56 Å². The predicted octanol–water partition coefficient (Wildman–Crippen LogP) is 0.297. The number of hydrogen-bond acceptors (Lipinski definition) is 6. The van der Waals surface area contributed by atoms with E-state index < -0.39 is 9.84 Å². The molecule has 0 fully saturated rings. The van der Waals surface area contributed by atoms with E-state index in [1.54, 1.807) is 12.1 Å². The molecular formula is C11H15NO5S. The molecule has 6 nitrogen and oxygen atoms in total. The molecule has 0 saturated carbocycles. The van der Waals surface area contributed by atoms with E-state index in [4.69, 9.17) is 19.9 Å². The van der Waals surface area contributed by atoms with Crippen LogP contribution in [0.15, 0.2) is 12.1 Å². The second-order valence-electron chi connectivity index (χ2n) is 4.00. The topological polar surface area (TPSA) is 87.9 Å². The number of hydrogen-bond donors (Lipinski definition) is 1. The van der Waals surface area contributed by atoms with Gasteiger partial charge in [-0.15, -0.1) is 0 Å². The van der Waals surface area contributed by atoms with Gasteiger partial charge in [0.15, 0.2) is 21.3 Å². The quantitative estimate of drug-likeness (QED) is 0.830. The van der Waals surface area contributed by atoms with Crippen LogP contribution in [-0.4, -0.2) is 33.8 Å². The standard InChI is InChI=1S/C11H15NO5S/c1-18(13,14)3-2-15-9-5-11-10(16-7-17-11)4-8(9)6-12/h4-5H,2-3,6-7,12H2,1H3. The molecule has 0 aliphatic carbocycles. The smallest absolute Gasteiger partial charge is 0.231 e. The maximum absolute atomic E-state index is 11.0. The van der Waals surface area contributed by atoms with Crippen molar-refractivity contribution in [1.29, 1.82) is 0 Å².